The van der Waals surface area contributed by atoms with Crippen molar-refractivity contribution in [3.8, 4) is 5.75 Å². The number of amides is 1. The minimum Gasteiger partial charge on any atom is -0.489 e. The summed E-state index contributed by atoms with van der Waals surface area (Å²) in [7, 11) is -3.70. The van der Waals surface area contributed by atoms with Gasteiger partial charge in [-0.25, -0.2) is 8.42 Å². The average Bonchev–Trinajstić information content (AvgIpc) is 2.83. The van der Waals surface area contributed by atoms with E-state index in [2.05, 4.69) is 0 Å². The molecule has 8 heteroatoms. The summed E-state index contributed by atoms with van der Waals surface area (Å²) in [6, 6.07) is 23.2. The Bertz CT molecular complexity index is 1190. The summed E-state index contributed by atoms with van der Waals surface area (Å²) in [5.74, 6) is 0.463. The van der Waals surface area contributed by atoms with Gasteiger partial charge in [0.15, 0.2) is 0 Å². The molecule has 1 saturated heterocycles. The summed E-state index contributed by atoms with van der Waals surface area (Å²) in [5, 5.41) is 0.193. The third-order valence-corrected chi connectivity index (χ3v) is 7.71. The van der Waals surface area contributed by atoms with Crippen LogP contribution in [0.3, 0.4) is 0 Å². The number of sulfonamides is 1. The topological polar surface area (TPSA) is 66.9 Å². The van der Waals surface area contributed by atoms with Crippen LogP contribution in [0.4, 0.5) is 0 Å². The van der Waals surface area contributed by atoms with Crippen molar-refractivity contribution in [1.82, 2.24) is 9.21 Å². The minimum absolute atomic E-state index is 0.0877. The fourth-order valence-corrected chi connectivity index (χ4v) is 5.48. The highest BCUT2D eigenvalue weighted by Crippen LogP contribution is 2.25. The first-order valence-corrected chi connectivity index (χ1v) is 12.1. The molecule has 166 valence electrons. The lowest BCUT2D eigenvalue weighted by molar-refractivity contribution is 0.0697. The number of carbonyl (C=O) groups is 1. The number of ether oxygens (including phenoxy) is 1. The largest absolute Gasteiger partial charge is 0.489 e. The zero-order chi connectivity index (χ0) is 22.6. The fraction of sp³-hybridized carbons (Fsp3) is 0.208. The molecule has 0 bridgehead atoms. The van der Waals surface area contributed by atoms with Crippen LogP contribution < -0.4 is 4.74 Å². The highest BCUT2D eigenvalue weighted by Gasteiger charge is 2.31. The Balaban J connectivity index is 1.39. The van der Waals surface area contributed by atoms with E-state index >= 15 is 0 Å². The summed E-state index contributed by atoms with van der Waals surface area (Å²) in [6.07, 6.45) is 0. The van der Waals surface area contributed by atoms with Crippen LogP contribution in [-0.2, 0) is 16.6 Å². The van der Waals surface area contributed by atoms with Crippen LogP contribution in [-0.4, -0.2) is 49.7 Å². The van der Waals surface area contributed by atoms with Crippen molar-refractivity contribution in [1.29, 1.82) is 0 Å². The highest BCUT2D eigenvalue weighted by molar-refractivity contribution is 7.89. The van der Waals surface area contributed by atoms with E-state index in [9.17, 15) is 13.2 Å². The van der Waals surface area contributed by atoms with Gasteiger partial charge in [-0.05, 0) is 35.9 Å². The Kier molecular flexibility index (Phi) is 6.79. The Morgan fingerprint density at radius 1 is 0.875 bits per heavy atom. The molecule has 3 aromatic rings. The number of piperazine rings is 1. The van der Waals surface area contributed by atoms with Crippen molar-refractivity contribution < 1.29 is 17.9 Å². The van der Waals surface area contributed by atoms with Gasteiger partial charge in [0.1, 0.15) is 17.3 Å². The summed E-state index contributed by atoms with van der Waals surface area (Å²) in [4.78, 5) is 14.7. The van der Waals surface area contributed by atoms with Gasteiger partial charge in [0.05, 0.1) is 5.02 Å². The second kappa shape index (κ2) is 9.73. The van der Waals surface area contributed by atoms with Gasteiger partial charge in [0.2, 0.25) is 10.0 Å². The van der Waals surface area contributed by atoms with Crippen LogP contribution in [0.5, 0.6) is 5.75 Å². The second-order valence-electron chi connectivity index (χ2n) is 7.43. The molecular formula is C24H23ClN2O4S. The molecule has 1 amide bonds. The van der Waals surface area contributed by atoms with Crippen molar-refractivity contribution >= 4 is 27.5 Å². The molecule has 3 aromatic carbocycles. The maximum Gasteiger partial charge on any atom is 0.254 e. The molecule has 0 radical (unpaired) electrons. The number of carbonyl (C=O) groups excluding carboxylic acids is 1. The predicted molar refractivity (Wildman–Crippen MR) is 123 cm³/mol. The average molecular weight is 471 g/mol. The van der Waals surface area contributed by atoms with Crippen LogP contribution in [0.25, 0.3) is 0 Å². The van der Waals surface area contributed by atoms with Gasteiger partial charge >= 0.3 is 0 Å². The van der Waals surface area contributed by atoms with E-state index in [0.29, 0.717) is 31.0 Å². The molecule has 0 aromatic heterocycles. The number of halogens is 1. The van der Waals surface area contributed by atoms with Gasteiger partial charge in [-0.3, -0.25) is 4.79 Å². The molecule has 0 spiro atoms. The van der Waals surface area contributed by atoms with E-state index in [1.165, 1.54) is 10.4 Å². The summed E-state index contributed by atoms with van der Waals surface area (Å²) in [6.45, 7) is 1.44. The monoisotopic (exact) mass is 470 g/mol. The highest BCUT2D eigenvalue weighted by atomic mass is 35.5. The summed E-state index contributed by atoms with van der Waals surface area (Å²) < 4.78 is 33.0. The third-order valence-electron chi connectivity index (χ3n) is 5.31. The van der Waals surface area contributed by atoms with E-state index in [4.69, 9.17) is 16.3 Å². The first-order chi connectivity index (χ1) is 15.4. The molecular weight excluding hydrogens is 448 g/mol. The number of nitrogens with zero attached hydrogens (tertiary/aromatic N) is 2. The Labute approximate surface area is 193 Å². The summed E-state index contributed by atoms with van der Waals surface area (Å²) in [5.41, 5.74) is 1.55. The smallest absolute Gasteiger partial charge is 0.254 e. The molecule has 0 saturated carbocycles. The predicted octanol–water partition coefficient (Wildman–Crippen LogP) is 4.07. The zero-order valence-corrected chi connectivity index (χ0v) is 18.9. The lowest BCUT2D eigenvalue weighted by atomic mass is 10.1. The van der Waals surface area contributed by atoms with Gasteiger partial charge < -0.3 is 9.64 Å². The molecule has 1 heterocycles. The lowest BCUT2D eigenvalue weighted by Crippen LogP contribution is -2.50. The first-order valence-electron chi connectivity index (χ1n) is 10.3. The quantitative estimate of drug-likeness (QED) is 0.544. The van der Waals surface area contributed by atoms with Gasteiger partial charge in [-0.1, -0.05) is 60.1 Å². The maximum absolute atomic E-state index is 13.0. The molecule has 1 fully saturated rings. The van der Waals surface area contributed by atoms with E-state index in [-0.39, 0.29) is 28.9 Å². The second-order valence-corrected chi connectivity index (χ2v) is 9.74. The Hall–Kier alpha value is -2.87. The van der Waals surface area contributed by atoms with Gasteiger partial charge in [0.25, 0.3) is 5.91 Å². The normalized spacial score (nSPS) is 14.8. The number of benzene rings is 3. The van der Waals surface area contributed by atoms with Crippen LogP contribution in [0, 0.1) is 0 Å². The maximum atomic E-state index is 13.0. The lowest BCUT2D eigenvalue weighted by Gasteiger charge is -2.34. The molecule has 32 heavy (non-hydrogen) atoms. The summed E-state index contributed by atoms with van der Waals surface area (Å²) >= 11 is 6.08. The molecule has 0 unspecified atom stereocenters. The molecule has 1 aliphatic heterocycles. The van der Waals surface area contributed by atoms with Crippen LogP contribution in [0.2, 0.25) is 5.02 Å². The van der Waals surface area contributed by atoms with Gasteiger partial charge in [-0.2, -0.15) is 4.31 Å². The fourth-order valence-electron chi connectivity index (χ4n) is 3.57. The Morgan fingerprint density at radius 2 is 1.56 bits per heavy atom. The molecule has 1 aliphatic rings. The Morgan fingerprint density at radius 3 is 2.28 bits per heavy atom. The first kappa shape index (κ1) is 22.3. The molecule has 4 rings (SSSR count). The zero-order valence-electron chi connectivity index (χ0n) is 17.4. The van der Waals surface area contributed by atoms with Crippen molar-refractivity contribution in [3.63, 3.8) is 0 Å². The SMILES string of the molecule is O=C(c1cccc(OCc2ccccc2)c1)N1CCN(S(=O)(=O)c2ccccc2Cl)CC1. The van der Waals surface area contributed by atoms with E-state index in [1.807, 2.05) is 36.4 Å². The van der Waals surface area contributed by atoms with Crippen molar-refractivity contribution in [2.24, 2.45) is 0 Å². The van der Waals surface area contributed by atoms with E-state index < -0.39 is 10.0 Å². The molecule has 0 atom stereocenters. The number of hydrogen-bond acceptors (Lipinski definition) is 4. The van der Waals surface area contributed by atoms with E-state index in [1.54, 1.807) is 41.3 Å². The molecule has 0 aliphatic carbocycles. The number of rotatable bonds is 6. The van der Waals surface area contributed by atoms with Crippen LogP contribution >= 0.6 is 11.6 Å². The van der Waals surface area contributed by atoms with Crippen LogP contribution in [0.15, 0.2) is 83.8 Å². The standard InChI is InChI=1S/C24H23ClN2O4S/c25-22-11-4-5-12-23(22)32(29,30)27-15-13-26(14-16-27)24(28)20-9-6-10-21(17-20)31-18-19-7-2-1-3-8-19/h1-12,17H,13-16,18H2. The van der Waals surface area contributed by atoms with Gasteiger partial charge in [-0.15, -0.1) is 0 Å². The van der Waals surface area contributed by atoms with Crippen LogP contribution in [0.1, 0.15) is 15.9 Å². The van der Waals surface area contributed by atoms with Gasteiger partial charge in [0, 0.05) is 31.7 Å². The minimum atomic E-state index is -3.70. The van der Waals surface area contributed by atoms with Crippen molar-refractivity contribution in [2.75, 3.05) is 26.2 Å². The molecule has 0 N–H and O–H groups in total. The van der Waals surface area contributed by atoms with Crippen molar-refractivity contribution in [2.45, 2.75) is 11.5 Å². The third kappa shape index (κ3) is 4.96. The number of hydrogen-bond donors (Lipinski definition) is 0. The van der Waals surface area contributed by atoms with Crippen molar-refractivity contribution in [3.05, 3.63) is 95.0 Å². The molecule has 6 nitrogen and oxygen atoms in total. The van der Waals surface area contributed by atoms with E-state index in [0.717, 1.165) is 5.56 Å².